The summed E-state index contributed by atoms with van der Waals surface area (Å²) in [6, 6.07) is 14.6. The summed E-state index contributed by atoms with van der Waals surface area (Å²) < 4.78 is 17.2. The molecule has 2 aromatic carbocycles. The number of hydrogen-bond acceptors (Lipinski definition) is 5. The van der Waals surface area contributed by atoms with Crippen LogP contribution in [0.25, 0.3) is 0 Å². The Morgan fingerprint density at radius 1 is 0.867 bits per heavy atom. The van der Waals surface area contributed by atoms with Gasteiger partial charge in [0.15, 0.2) is 0 Å². The van der Waals surface area contributed by atoms with Crippen LogP contribution < -0.4 is 14.2 Å². The van der Waals surface area contributed by atoms with Crippen molar-refractivity contribution in [2.75, 3.05) is 19.8 Å². The third kappa shape index (κ3) is 9.90. The van der Waals surface area contributed by atoms with Crippen molar-refractivity contribution in [1.29, 1.82) is 0 Å². The second-order valence-electron chi connectivity index (χ2n) is 7.80. The van der Waals surface area contributed by atoms with Gasteiger partial charge in [-0.15, -0.1) is 0 Å². The van der Waals surface area contributed by atoms with Gasteiger partial charge in [-0.25, -0.2) is 0 Å². The number of benzene rings is 2. The first-order chi connectivity index (χ1) is 14.2. The predicted molar refractivity (Wildman–Crippen MR) is 122 cm³/mol. The van der Waals surface area contributed by atoms with E-state index in [9.17, 15) is 0 Å². The van der Waals surface area contributed by atoms with Crippen molar-refractivity contribution in [1.82, 2.24) is 0 Å². The predicted octanol–water partition coefficient (Wildman–Crippen LogP) is 6.99. The number of nitrogens with zero attached hydrogens (tertiary/aromatic N) is 1. The van der Waals surface area contributed by atoms with E-state index >= 15 is 0 Å². The summed E-state index contributed by atoms with van der Waals surface area (Å²) in [6.07, 6.45) is 1.57. The van der Waals surface area contributed by atoms with Gasteiger partial charge in [-0.05, 0) is 66.9 Å². The second-order valence-corrected chi connectivity index (χ2v) is 8.81. The molecule has 0 N–H and O–H groups in total. The van der Waals surface area contributed by atoms with Crippen molar-refractivity contribution < 1.29 is 19.0 Å². The van der Waals surface area contributed by atoms with Gasteiger partial charge in [-0.3, -0.25) is 0 Å². The van der Waals surface area contributed by atoms with Crippen LogP contribution in [0.3, 0.4) is 0 Å². The summed E-state index contributed by atoms with van der Waals surface area (Å²) in [5, 5.41) is 4.07. The lowest BCUT2D eigenvalue weighted by Gasteiger charge is -2.15. The maximum atomic E-state index is 5.83. The van der Waals surface area contributed by atoms with Crippen molar-refractivity contribution >= 4 is 28.9 Å². The van der Waals surface area contributed by atoms with E-state index in [0.717, 1.165) is 11.5 Å². The van der Waals surface area contributed by atoms with E-state index in [-0.39, 0.29) is 9.91 Å². The van der Waals surface area contributed by atoms with Gasteiger partial charge in [0.05, 0.1) is 5.71 Å². The molecule has 0 saturated carbocycles. The molecule has 7 heteroatoms. The highest BCUT2D eigenvalue weighted by Gasteiger charge is 2.10. The summed E-state index contributed by atoms with van der Waals surface area (Å²) in [5.74, 6) is 2.82. The number of ether oxygens (including phenoxy) is 3. The SMILES string of the molecule is CC(COc1ccc(Oc2ccc(OCC=C(Cl)Cl)cc2)cc1)=NOCC(C)(C)C. The van der Waals surface area contributed by atoms with Crippen LogP contribution in [-0.4, -0.2) is 25.5 Å². The largest absolute Gasteiger partial charge is 0.489 e. The Kier molecular flexibility index (Phi) is 9.34. The first kappa shape index (κ1) is 23.9. The lowest BCUT2D eigenvalue weighted by molar-refractivity contribution is 0.0760. The summed E-state index contributed by atoms with van der Waals surface area (Å²) in [6.45, 7) is 9.37. The minimum atomic E-state index is 0.0731. The Morgan fingerprint density at radius 2 is 1.37 bits per heavy atom. The van der Waals surface area contributed by atoms with Gasteiger partial charge in [-0.1, -0.05) is 49.1 Å². The summed E-state index contributed by atoms with van der Waals surface area (Å²) in [5.41, 5.74) is 0.842. The van der Waals surface area contributed by atoms with E-state index in [0.29, 0.717) is 37.1 Å². The third-order valence-electron chi connectivity index (χ3n) is 3.54. The van der Waals surface area contributed by atoms with Crippen molar-refractivity contribution in [2.45, 2.75) is 27.7 Å². The molecule has 0 spiro atoms. The van der Waals surface area contributed by atoms with E-state index in [2.05, 4.69) is 25.9 Å². The molecule has 30 heavy (non-hydrogen) atoms. The molecular formula is C23H27Cl2NO4. The van der Waals surface area contributed by atoms with Crippen molar-refractivity contribution in [3.8, 4) is 23.0 Å². The minimum Gasteiger partial charge on any atom is -0.489 e. The van der Waals surface area contributed by atoms with Crippen LogP contribution in [0.2, 0.25) is 0 Å². The zero-order valence-corrected chi connectivity index (χ0v) is 19.2. The van der Waals surface area contributed by atoms with E-state index in [1.54, 1.807) is 6.08 Å². The van der Waals surface area contributed by atoms with Crippen molar-refractivity contribution in [3.05, 3.63) is 59.1 Å². The van der Waals surface area contributed by atoms with Gasteiger partial charge in [-0.2, -0.15) is 0 Å². The molecule has 0 fully saturated rings. The van der Waals surface area contributed by atoms with Gasteiger partial charge in [0, 0.05) is 0 Å². The molecule has 5 nitrogen and oxygen atoms in total. The third-order valence-corrected chi connectivity index (χ3v) is 3.85. The molecule has 0 aliphatic rings. The molecule has 162 valence electrons. The smallest absolute Gasteiger partial charge is 0.129 e. The fourth-order valence-corrected chi connectivity index (χ4v) is 2.22. The highest BCUT2D eigenvalue weighted by atomic mass is 35.5. The Labute approximate surface area is 188 Å². The minimum absolute atomic E-state index is 0.0731. The van der Waals surface area contributed by atoms with Crippen LogP contribution in [0.5, 0.6) is 23.0 Å². The molecule has 0 unspecified atom stereocenters. The molecule has 0 aromatic heterocycles. The number of oxime groups is 1. The van der Waals surface area contributed by atoms with Gasteiger partial charge < -0.3 is 19.0 Å². The number of halogens is 2. The molecule has 0 aliphatic heterocycles. The zero-order valence-electron chi connectivity index (χ0n) is 17.7. The zero-order chi connectivity index (χ0) is 22.0. The molecule has 2 aromatic rings. The summed E-state index contributed by atoms with van der Waals surface area (Å²) in [7, 11) is 0. The Bertz CT molecular complexity index is 837. The van der Waals surface area contributed by atoms with Crippen LogP contribution >= 0.6 is 23.2 Å². The highest BCUT2D eigenvalue weighted by molar-refractivity contribution is 6.55. The van der Waals surface area contributed by atoms with Crippen LogP contribution in [-0.2, 0) is 4.84 Å². The van der Waals surface area contributed by atoms with Gasteiger partial charge >= 0.3 is 0 Å². The first-order valence-corrected chi connectivity index (χ1v) is 10.3. The quantitative estimate of drug-likeness (QED) is 0.288. The lowest BCUT2D eigenvalue weighted by atomic mass is 9.99. The van der Waals surface area contributed by atoms with Crippen LogP contribution in [0, 0.1) is 5.41 Å². The first-order valence-electron chi connectivity index (χ1n) is 9.51. The van der Waals surface area contributed by atoms with E-state index in [1.807, 2.05) is 55.5 Å². The number of rotatable bonds is 10. The van der Waals surface area contributed by atoms with Crippen molar-refractivity contribution in [3.63, 3.8) is 0 Å². The Hall–Kier alpha value is -2.37. The Balaban J connectivity index is 1.80. The molecule has 0 bridgehead atoms. The lowest BCUT2D eigenvalue weighted by Crippen LogP contribution is -2.14. The van der Waals surface area contributed by atoms with E-state index < -0.39 is 0 Å². The van der Waals surface area contributed by atoms with Crippen molar-refractivity contribution in [2.24, 2.45) is 10.6 Å². The monoisotopic (exact) mass is 451 g/mol. The topological polar surface area (TPSA) is 49.3 Å². The summed E-state index contributed by atoms with van der Waals surface area (Å²) in [4.78, 5) is 5.34. The fourth-order valence-electron chi connectivity index (χ4n) is 2.10. The van der Waals surface area contributed by atoms with Gasteiger partial charge in [0.2, 0.25) is 0 Å². The van der Waals surface area contributed by atoms with E-state index in [4.69, 9.17) is 42.3 Å². The maximum absolute atomic E-state index is 5.83. The average molecular weight is 452 g/mol. The average Bonchev–Trinajstić information content (AvgIpc) is 2.67. The molecule has 0 saturated heterocycles. The Morgan fingerprint density at radius 3 is 1.87 bits per heavy atom. The molecule has 0 aliphatic carbocycles. The van der Waals surface area contributed by atoms with E-state index in [1.165, 1.54) is 0 Å². The fraction of sp³-hybridized carbons (Fsp3) is 0.348. The summed E-state index contributed by atoms with van der Waals surface area (Å²) >= 11 is 11.1. The van der Waals surface area contributed by atoms with Crippen LogP contribution in [0.15, 0.2) is 64.3 Å². The highest BCUT2D eigenvalue weighted by Crippen LogP contribution is 2.26. The molecule has 0 radical (unpaired) electrons. The normalized spacial score (nSPS) is 11.6. The van der Waals surface area contributed by atoms with Crippen LogP contribution in [0.4, 0.5) is 0 Å². The maximum Gasteiger partial charge on any atom is 0.129 e. The van der Waals surface area contributed by atoms with Crippen LogP contribution in [0.1, 0.15) is 27.7 Å². The molecule has 2 rings (SSSR count). The molecule has 0 amide bonds. The van der Waals surface area contributed by atoms with Gasteiger partial charge in [0.25, 0.3) is 0 Å². The number of hydrogen-bond donors (Lipinski definition) is 0. The molecule has 0 atom stereocenters. The molecule has 0 heterocycles. The van der Waals surface area contributed by atoms with Gasteiger partial charge in [0.1, 0.15) is 47.3 Å². The molecular weight excluding hydrogens is 425 g/mol. The standard InChI is InChI=1S/C23H27Cl2NO4/c1-17(26-29-16-23(2,3)4)15-28-19-7-11-21(12-8-19)30-20-9-5-18(6-10-20)27-14-13-22(24)25/h5-13H,14-16H2,1-4H3. The second kappa shape index (κ2) is 11.7.